The topological polar surface area (TPSA) is 108 Å². The molecule has 2 unspecified atom stereocenters. The number of carboxylic acid groups (broad SMARTS) is 1. The van der Waals surface area contributed by atoms with Crippen molar-refractivity contribution in [3.63, 3.8) is 0 Å². The van der Waals surface area contributed by atoms with E-state index in [1.807, 2.05) is 0 Å². The number of alkyl carbamates (subject to hydrolysis) is 1. The van der Waals surface area contributed by atoms with Gasteiger partial charge in [0.2, 0.25) is 0 Å². The van der Waals surface area contributed by atoms with Gasteiger partial charge in [0.15, 0.2) is 5.60 Å². The first kappa shape index (κ1) is 14.4. The number of hydrogen-bond acceptors (Lipinski definition) is 5. The summed E-state index contributed by atoms with van der Waals surface area (Å²) >= 11 is 0. The van der Waals surface area contributed by atoms with Gasteiger partial charge in [0.05, 0.1) is 6.04 Å². The van der Waals surface area contributed by atoms with Crippen LogP contribution in [0.1, 0.15) is 34.1 Å². The van der Waals surface area contributed by atoms with E-state index in [4.69, 9.17) is 9.84 Å². The van der Waals surface area contributed by atoms with Crippen LogP contribution in [0.4, 0.5) is 4.79 Å². The molecule has 0 radical (unpaired) electrons. The molecule has 0 saturated heterocycles. The Labute approximate surface area is 105 Å². The van der Waals surface area contributed by atoms with Crippen LogP contribution in [0, 0.1) is 0 Å². The van der Waals surface area contributed by atoms with Gasteiger partial charge in [-0.1, -0.05) is 0 Å². The van der Waals surface area contributed by atoms with E-state index in [0.29, 0.717) is 0 Å². The van der Waals surface area contributed by atoms with E-state index in [9.17, 15) is 14.7 Å². The van der Waals surface area contributed by atoms with Crippen molar-refractivity contribution in [1.29, 1.82) is 0 Å². The average Bonchev–Trinajstić information content (AvgIpc) is 2.73. The second kappa shape index (κ2) is 4.56. The van der Waals surface area contributed by atoms with Gasteiger partial charge in [-0.2, -0.15) is 0 Å². The molecule has 0 spiro atoms. The first-order chi connectivity index (χ1) is 8.04. The summed E-state index contributed by atoms with van der Waals surface area (Å²) in [6.45, 7) is 6.68. The summed E-state index contributed by atoms with van der Waals surface area (Å²) in [6.07, 6.45) is -0.612. The molecule has 2 atom stereocenters. The maximum absolute atomic E-state index is 11.4. The van der Waals surface area contributed by atoms with E-state index in [1.165, 1.54) is 6.92 Å². The zero-order chi connectivity index (χ0) is 14.1. The van der Waals surface area contributed by atoms with E-state index in [2.05, 4.69) is 10.3 Å². The van der Waals surface area contributed by atoms with E-state index in [-0.39, 0.29) is 12.3 Å². The molecule has 0 aromatic heterocycles. The van der Waals surface area contributed by atoms with Crippen LogP contribution in [0.15, 0.2) is 4.99 Å². The summed E-state index contributed by atoms with van der Waals surface area (Å²) in [4.78, 5) is 25.9. The van der Waals surface area contributed by atoms with Crippen molar-refractivity contribution in [2.75, 3.05) is 0 Å². The number of aliphatic imine (C=N–C) groups is 1. The average molecular weight is 258 g/mol. The number of aliphatic hydroxyl groups is 1. The fourth-order valence-electron chi connectivity index (χ4n) is 1.34. The van der Waals surface area contributed by atoms with Crippen molar-refractivity contribution in [2.24, 2.45) is 4.99 Å². The first-order valence-corrected chi connectivity index (χ1v) is 5.55. The zero-order valence-corrected chi connectivity index (χ0v) is 10.9. The number of hydrogen-bond donors (Lipinski definition) is 3. The monoisotopic (exact) mass is 258 g/mol. The molecule has 102 valence electrons. The Morgan fingerprint density at radius 1 is 1.44 bits per heavy atom. The third kappa shape index (κ3) is 3.69. The summed E-state index contributed by atoms with van der Waals surface area (Å²) in [7, 11) is 0. The lowest BCUT2D eigenvalue weighted by Crippen LogP contribution is -2.35. The molecule has 0 aliphatic heterocycles. The smallest absolute Gasteiger partial charge is 0.413 e. The number of carbonyl (C=O) groups excluding carboxylic acids is 1. The van der Waals surface area contributed by atoms with Gasteiger partial charge in [-0.15, -0.1) is 0 Å². The molecule has 1 rings (SSSR count). The molecule has 0 aromatic rings. The van der Waals surface area contributed by atoms with Gasteiger partial charge in [-0.3, -0.25) is 10.3 Å². The van der Waals surface area contributed by atoms with Crippen molar-refractivity contribution in [3.05, 3.63) is 0 Å². The quantitative estimate of drug-likeness (QED) is 0.494. The summed E-state index contributed by atoms with van der Waals surface area (Å²) in [6, 6.07) is -0.718. The molecule has 0 heterocycles. The van der Waals surface area contributed by atoms with E-state index >= 15 is 0 Å². The van der Waals surface area contributed by atoms with Gasteiger partial charge >= 0.3 is 12.1 Å². The molecule has 18 heavy (non-hydrogen) atoms. The highest BCUT2D eigenvalue weighted by molar-refractivity contribution is 5.94. The van der Waals surface area contributed by atoms with Crippen LogP contribution in [-0.4, -0.2) is 45.4 Å². The van der Waals surface area contributed by atoms with Gasteiger partial charge in [0.1, 0.15) is 11.4 Å². The van der Waals surface area contributed by atoms with Crippen LogP contribution in [0.25, 0.3) is 0 Å². The summed E-state index contributed by atoms with van der Waals surface area (Å²) in [5.41, 5.74) is -2.41. The number of rotatable bonds is 2. The van der Waals surface area contributed by atoms with E-state index < -0.39 is 29.3 Å². The van der Waals surface area contributed by atoms with Gasteiger partial charge in [0, 0.05) is 6.42 Å². The second-order valence-electron chi connectivity index (χ2n) is 5.29. The van der Waals surface area contributed by atoms with Gasteiger partial charge in [0.25, 0.3) is 0 Å². The van der Waals surface area contributed by atoms with E-state index in [0.717, 1.165) is 0 Å². The fraction of sp³-hybridized carbons (Fsp3) is 0.727. The minimum absolute atomic E-state index is 0.0513. The van der Waals surface area contributed by atoms with Gasteiger partial charge in [-0.25, -0.2) is 9.59 Å². The van der Waals surface area contributed by atoms with Gasteiger partial charge < -0.3 is 14.9 Å². The molecule has 1 fully saturated rings. The number of nitrogens with zero attached hydrogens (tertiary/aromatic N) is 1. The molecule has 0 aromatic carbocycles. The van der Waals surface area contributed by atoms with Crippen LogP contribution in [0.2, 0.25) is 0 Å². The summed E-state index contributed by atoms with van der Waals surface area (Å²) in [5, 5.41) is 20.6. The van der Waals surface area contributed by atoms with Crippen molar-refractivity contribution in [1.82, 2.24) is 5.32 Å². The van der Waals surface area contributed by atoms with Gasteiger partial charge in [-0.05, 0) is 27.7 Å². The molecule has 7 nitrogen and oxygen atoms in total. The highest BCUT2D eigenvalue weighted by atomic mass is 16.6. The highest BCUT2D eigenvalue weighted by Crippen LogP contribution is 2.39. The molecule has 1 saturated carbocycles. The third-order valence-corrected chi connectivity index (χ3v) is 2.30. The Hall–Kier alpha value is -1.63. The number of aliphatic carboxylic acids is 1. The lowest BCUT2D eigenvalue weighted by Gasteiger charge is -2.19. The van der Waals surface area contributed by atoms with Crippen LogP contribution in [0.5, 0.6) is 0 Å². The standard InChI is InChI=1S/C11H18N2O5/c1-6(13-9(16)18-10(2,3)4)12-7-5-11(7,17)8(14)15/h7,17H,5H2,1-4H3,(H,14,15)(H,12,13,16). The molecular weight excluding hydrogens is 240 g/mol. The Balaban J connectivity index is 2.50. The molecule has 1 amide bonds. The Bertz CT molecular complexity index is 399. The number of ether oxygens (including phenoxy) is 1. The lowest BCUT2D eigenvalue weighted by molar-refractivity contribution is -0.149. The Morgan fingerprint density at radius 3 is 2.39 bits per heavy atom. The fourth-order valence-corrected chi connectivity index (χ4v) is 1.34. The van der Waals surface area contributed by atoms with Crippen LogP contribution < -0.4 is 5.32 Å². The second-order valence-corrected chi connectivity index (χ2v) is 5.29. The van der Waals surface area contributed by atoms with Crippen LogP contribution >= 0.6 is 0 Å². The van der Waals surface area contributed by atoms with E-state index in [1.54, 1.807) is 20.8 Å². The number of nitrogens with one attached hydrogen (secondary N) is 1. The highest BCUT2D eigenvalue weighted by Gasteiger charge is 2.60. The Morgan fingerprint density at radius 2 is 2.00 bits per heavy atom. The zero-order valence-electron chi connectivity index (χ0n) is 10.9. The number of amidine groups is 1. The number of carbonyl (C=O) groups is 2. The number of amides is 1. The molecule has 0 bridgehead atoms. The normalized spacial score (nSPS) is 27.6. The first-order valence-electron chi connectivity index (χ1n) is 5.55. The summed E-state index contributed by atoms with van der Waals surface area (Å²) < 4.78 is 5.00. The largest absolute Gasteiger partial charge is 0.479 e. The van der Waals surface area contributed by atoms with Crippen LogP contribution in [-0.2, 0) is 9.53 Å². The molecular formula is C11H18N2O5. The molecule has 3 N–H and O–H groups in total. The van der Waals surface area contributed by atoms with Crippen molar-refractivity contribution in [3.8, 4) is 0 Å². The predicted octanol–water partition coefficient (Wildman–Crippen LogP) is 0.517. The van der Waals surface area contributed by atoms with Crippen LogP contribution in [0.3, 0.4) is 0 Å². The SMILES string of the molecule is CC(=NC1CC1(O)C(=O)O)NC(=O)OC(C)(C)C. The molecule has 7 heteroatoms. The lowest BCUT2D eigenvalue weighted by atomic mass is 10.2. The maximum atomic E-state index is 11.4. The molecule has 1 aliphatic carbocycles. The minimum Gasteiger partial charge on any atom is -0.479 e. The number of carboxylic acids is 1. The van der Waals surface area contributed by atoms with Crippen molar-refractivity contribution >= 4 is 17.9 Å². The summed E-state index contributed by atoms with van der Waals surface area (Å²) in [5.74, 6) is -1.09. The van der Waals surface area contributed by atoms with Crippen molar-refractivity contribution < 1.29 is 24.5 Å². The Kier molecular flexibility index (Phi) is 3.66. The predicted molar refractivity (Wildman–Crippen MR) is 63.5 cm³/mol. The minimum atomic E-state index is -1.79. The van der Waals surface area contributed by atoms with Crippen molar-refractivity contribution in [2.45, 2.75) is 51.4 Å². The third-order valence-electron chi connectivity index (χ3n) is 2.30. The maximum Gasteiger partial charge on any atom is 0.413 e. The molecule has 1 aliphatic rings.